The van der Waals surface area contributed by atoms with E-state index in [0.717, 1.165) is 5.52 Å². The molecule has 2 aromatic carbocycles. The second kappa shape index (κ2) is 9.34. The molecule has 9 nitrogen and oxygen atoms in total. The van der Waals surface area contributed by atoms with Crippen LogP contribution in [-0.2, 0) is 17.9 Å². The van der Waals surface area contributed by atoms with Gasteiger partial charge in [0.15, 0.2) is 0 Å². The van der Waals surface area contributed by atoms with Gasteiger partial charge in [0.05, 0.1) is 31.1 Å². The van der Waals surface area contributed by atoms with Gasteiger partial charge in [0.25, 0.3) is 5.91 Å². The van der Waals surface area contributed by atoms with E-state index in [1.807, 2.05) is 19.1 Å². The van der Waals surface area contributed by atoms with Crippen molar-refractivity contribution in [1.82, 2.24) is 19.9 Å². The van der Waals surface area contributed by atoms with Crippen LogP contribution in [0.1, 0.15) is 23.0 Å². The van der Waals surface area contributed by atoms with Gasteiger partial charge in [-0.3, -0.25) is 9.59 Å². The number of carbonyl (C=O) groups excluding carboxylic acids is 2. The zero-order valence-electron chi connectivity index (χ0n) is 17.8. The summed E-state index contributed by atoms with van der Waals surface area (Å²) in [6.07, 6.45) is 1.53. The van der Waals surface area contributed by atoms with Crippen LogP contribution in [0.25, 0.3) is 11.0 Å². The number of aryl methyl sites for hydroxylation is 1. The molecule has 9 heteroatoms. The number of carbonyl (C=O) groups is 2. The topological polar surface area (TPSA) is 102 Å². The number of aromatic nitrogens is 3. The molecule has 4 rings (SSSR count). The molecular weight excluding hydrogens is 410 g/mol. The Balaban J connectivity index is 1.57. The molecule has 0 saturated heterocycles. The molecule has 2 amide bonds. The number of ether oxygens (including phenoxy) is 1. The lowest BCUT2D eigenvalue weighted by Crippen LogP contribution is -2.37. The van der Waals surface area contributed by atoms with E-state index in [0.29, 0.717) is 34.8 Å². The molecule has 0 aliphatic rings. The van der Waals surface area contributed by atoms with Crippen LogP contribution >= 0.6 is 0 Å². The molecule has 0 fully saturated rings. The van der Waals surface area contributed by atoms with E-state index < -0.39 is 0 Å². The van der Waals surface area contributed by atoms with E-state index in [1.165, 1.54) is 18.3 Å². The lowest BCUT2D eigenvalue weighted by atomic mass is 10.1. The normalized spacial score (nSPS) is 10.8. The summed E-state index contributed by atoms with van der Waals surface area (Å²) in [6, 6.07) is 15.8. The van der Waals surface area contributed by atoms with Crippen LogP contribution in [0.4, 0.5) is 5.69 Å². The fourth-order valence-corrected chi connectivity index (χ4v) is 3.42. The predicted octanol–water partition coefficient (Wildman–Crippen LogP) is 3.33. The highest BCUT2D eigenvalue weighted by Crippen LogP contribution is 2.23. The number of para-hydroxylation sites is 2. The van der Waals surface area contributed by atoms with Crippen LogP contribution in [0.15, 0.2) is 65.3 Å². The van der Waals surface area contributed by atoms with Gasteiger partial charge in [-0.15, -0.1) is 5.10 Å². The minimum Gasteiger partial charge on any atom is -0.495 e. The van der Waals surface area contributed by atoms with Crippen molar-refractivity contribution in [2.45, 2.75) is 20.0 Å². The largest absolute Gasteiger partial charge is 0.495 e. The van der Waals surface area contributed by atoms with Crippen molar-refractivity contribution in [1.29, 1.82) is 0 Å². The van der Waals surface area contributed by atoms with Crippen LogP contribution in [0.2, 0.25) is 0 Å². The molecule has 0 bridgehead atoms. The van der Waals surface area contributed by atoms with Crippen LogP contribution in [0, 0.1) is 0 Å². The Kier molecular flexibility index (Phi) is 6.16. The van der Waals surface area contributed by atoms with Crippen molar-refractivity contribution in [3.63, 3.8) is 0 Å². The molecule has 2 aromatic heterocycles. The van der Waals surface area contributed by atoms with Gasteiger partial charge in [-0.05, 0) is 49.4 Å². The maximum Gasteiger partial charge on any atom is 0.254 e. The standard InChI is InChI=1S/C23H23N5O4/c1-3-28-20-11-10-16(13-19(20)25-26-28)23(30)27(14-17-7-6-12-32-17)15-22(29)24-18-8-4-5-9-21(18)31-2/h4-13H,3,14-15H2,1-2H3,(H,24,29). The van der Waals surface area contributed by atoms with Gasteiger partial charge in [0, 0.05) is 12.1 Å². The Morgan fingerprint density at radius 1 is 1.16 bits per heavy atom. The average molecular weight is 433 g/mol. The van der Waals surface area contributed by atoms with Gasteiger partial charge in [0.1, 0.15) is 23.6 Å². The number of nitrogens with zero attached hydrogens (tertiary/aromatic N) is 4. The number of methoxy groups -OCH3 is 1. The highest BCUT2D eigenvalue weighted by atomic mass is 16.5. The summed E-state index contributed by atoms with van der Waals surface area (Å²) in [5.41, 5.74) is 2.41. The van der Waals surface area contributed by atoms with E-state index in [1.54, 1.807) is 47.1 Å². The molecule has 4 aromatic rings. The molecule has 1 N–H and O–H groups in total. The molecule has 0 radical (unpaired) electrons. The summed E-state index contributed by atoms with van der Waals surface area (Å²) in [5.74, 6) is 0.438. The maximum atomic E-state index is 13.3. The van der Waals surface area contributed by atoms with Crippen molar-refractivity contribution in [3.8, 4) is 5.75 Å². The molecule has 0 aliphatic heterocycles. The van der Waals surface area contributed by atoms with E-state index in [4.69, 9.17) is 9.15 Å². The fraction of sp³-hybridized carbons (Fsp3) is 0.217. The number of benzene rings is 2. The predicted molar refractivity (Wildman–Crippen MR) is 118 cm³/mol. The Labute approximate surface area is 184 Å². The van der Waals surface area contributed by atoms with Crippen LogP contribution in [0.3, 0.4) is 0 Å². The first-order valence-corrected chi connectivity index (χ1v) is 10.2. The molecule has 32 heavy (non-hydrogen) atoms. The van der Waals surface area contributed by atoms with Gasteiger partial charge in [-0.1, -0.05) is 17.3 Å². The summed E-state index contributed by atoms with van der Waals surface area (Å²) in [4.78, 5) is 27.5. The van der Waals surface area contributed by atoms with Gasteiger partial charge >= 0.3 is 0 Å². The molecule has 164 valence electrons. The van der Waals surface area contributed by atoms with Crippen LogP contribution < -0.4 is 10.1 Å². The molecule has 0 aliphatic carbocycles. The van der Waals surface area contributed by atoms with Gasteiger partial charge in [-0.25, -0.2) is 4.68 Å². The highest BCUT2D eigenvalue weighted by molar-refractivity contribution is 6.01. The van der Waals surface area contributed by atoms with Crippen molar-refractivity contribution in [2.24, 2.45) is 0 Å². The monoisotopic (exact) mass is 433 g/mol. The summed E-state index contributed by atoms with van der Waals surface area (Å²) in [5, 5.41) is 11.0. The van der Waals surface area contributed by atoms with Crippen molar-refractivity contribution < 1.29 is 18.7 Å². The van der Waals surface area contributed by atoms with E-state index in [2.05, 4.69) is 15.6 Å². The Hall–Kier alpha value is -4.14. The Bertz CT molecular complexity index is 1230. The minimum atomic E-state index is -0.354. The van der Waals surface area contributed by atoms with E-state index in [-0.39, 0.29) is 24.9 Å². The quantitative estimate of drug-likeness (QED) is 0.457. The Morgan fingerprint density at radius 2 is 2.00 bits per heavy atom. The SMILES string of the molecule is CCn1nnc2cc(C(=O)N(CC(=O)Nc3ccccc3OC)Cc3ccco3)ccc21. The van der Waals surface area contributed by atoms with Crippen molar-refractivity contribution in [3.05, 3.63) is 72.2 Å². The summed E-state index contributed by atoms with van der Waals surface area (Å²) in [7, 11) is 1.53. The fourth-order valence-electron chi connectivity index (χ4n) is 3.42. The Morgan fingerprint density at radius 3 is 2.75 bits per heavy atom. The second-order valence-corrected chi connectivity index (χ2v) is 7.10. The first-order chi connectivity index (χ1) is 15.6. The number of anilines is 1. The summed E-state index contributed by atoms with van der Waals surface area (Å²) < 4.78 is 12.4. The van der Waals surface area contributed by atoms with Gasteiger partial charge < -0.3 is 19.4 Å². The molecule has 0 atom stereocenters. The lowest BCUT2D eigenvalue weighted by molar-refractivity contribution is -0.117. The molecule has 0 spiro atoms. The van der Waals surface area contributed by atoms with Gasteiger partial charge in [-0.2, -0.15) is 0 Å². The van der Waals surface area contributed by atoms with Gasteiger partial charge in [0.2, 0.25) is 5.91 Å². The average Bonchev–Trinajstić information content (AvgIpc) is 3.47. The van der Waals surface area contributed by atoms with Crippen molar-refractivity contribution in [2.75, 3.05) is 19.0 Å². The van der Waals surface area contributed by atoms with E-state index in [9.17, 15) is 9.59 Å². The first-order valence-electron chi connectivity index (χ1n) is 10.2. The number of fused-ring (bicyclic) bond motifs is 1. The number of amides is 2. The first kappa shape index (κ1) is 21.1. The van der Waals surface area contributed by atoms with Crippen LogP contribution in [0.5, 0.6) is 5.75 Å². The summed E-state index contributed by atoms with van der Waals surface area (Å²) >= 11 is 0. The minimum absolute atomic E-state index is 0.144. The second-order valence-electron chi connectivity index (χ2n) is 7.10. The number of nitrogens with one attached hydrogen (secondary N) is 1. The number of furan rings is 1. The van der Waals surface area contributed by atoms with Crippen molar-refractivity contribution >= 4 is 28.5 Å². The number of hydrogen-bond acceptors (Lipinski definition) is 6. The zero-order valence-corrected chi connectivity index (χ0v) is 17.8. The maximum absolute atomic E-state index is 13.3. The summed E-state index contributed by atoms with van der Waals surface area (Å²) in [6.45, 7) is 2.62. The molecule has 0 unspecified atom stereocenters. The lowest BCUT2D eigenvalue weighted by Gasteiger charge is -2.21. The third kappa shape index (κ3) is 4.46. The third-order valence-corrected chi connectivity index (χ3v) is 4.99. The molecule has 2 heterocycles. The smallest absolute Gasteiger partial charge is 0.254 e. The van der Waals surface area contributed by atoms with Crippen LogP contribution in [-0.4, -0.2) is 45.4 Å². The number of hydrogen-bond donors (Lipinski definition) is 1. The molecule has 0 saturated carbocycles. The molecular formula is C23H23N5O4. The third-order valence-electron chi connectivity index (χ3n) is 4.99. The van der Waals surface area contributed by atoms with E-state index >= 15 is 0 Å². The number of rotatable bonds is 8. The highest BCUT2D eigenvalue weighted by Gasteiger charge is 2.22. The zero-order chi connectivity index (χ0) is 22.5.